The lowest BCUT2D eigenvalue weighted by Crippen LogP contribution is -2.41. The van der Waals surface area contributed by atoms with Gasteiger partial charge in [-0.25, -0.2) is 14.2 Å². The first-order chi connectivity index (χ1) is 18.5. The van der Waals surface area contributed by atoms with Crippen LogP contribution >= 0.6 is 11.5 Å². The molecule has 0 saturated heterocycles. The van der Waals surface area contributed by atoms with Gasteiger partial charge >= 0.3 is 17.8 Å². The van der Waals surface area contributed by atoms with Crippen molar-refractivity contribution in [1.82, 2.24) is 13.5 Å². The van der Waals surface area contributed by atoms with Gasteiger partial charge in [0.25, 0.3) is 5.56 Å². The van der Waals surface area contributed by atoms with Gasteiger partial charge in [0.1, 0.15) is 11.4 Å². The molecule has 4 aromatic rings. The number of halogens is 3. The van der Waals surface area contributed by atoms with Crippen LogP contribution in [0.4, 0.5) is 13.2 Å². The van der Waals surface area contributed by atoms with Crippen LogP contribution in [0.1, 0.15) is 11.3 Å². The summed E-state index contributed by atoms with van der Waals surface area (Å²) in [6, 6.07) is 10.1. The van der Waals surface area contributed by atoms with Crippen LogP contribution in [-0.2, 0) is 22.3 Å². The molecular weight excluding hydrogens is 535 g/mol. The summed E-state index contributed by atoms with van der Waals surface area (Å²) >= 11 is 1.16. The van der Waals surface area contributed by atoms with E-state index in [-0.39, 0.29) is 18.9 Å². The smallest absolute Gasteiger partial charge is 0.431 e. The summed E-state index contributed by atoms with van der Waals surface area (Å²) in [6.07, 6.45) is 1.30. The van der Waals surface area contributed by atoms with Crippen molar-refractivity contribution in [2.24, 2.45) is 0 Å². The Labute approximate surface area is 223 Å². The maximum Gasteiger partial charge on any atom is 0.431 e. The number of aryl methyl sites for hydroxylation is 1. The van der Waals surface area contributed by atoms with E-state index in [1.54, 1.807) is 24.3 Å². The van der Waals surface area contributed by atoms with Gasteiger partial charge in [0.15, 0.2) is 13.2 Å². The molecule has 0 fully saturated rings. The molecule has 0 aliphatic carbocycles. The molecule has 2 aromatic heterocycles. The summed E-state index contributed by atoms with van der Waals surface area (Å²) in [5, 5.41) is 0.563. The van der Waals surface area contributed by atoms with Crippen LogP contribution in [-0.4, -0.2) is 32.7 Å². The molecule has 2 aromatic carbocycles. The Morgan fingerprint density at radius 1 is 1.21 bits per heavy atom. The Balaban J connectivity index is 1.79. The van der Waals surface area contributed by atoms with Gasteiger partial charge in [-0.15, -0.1) is 13.0 Å². The Morgan fingerprint density at radius 3 is 2.67 bits per heavy atom. The Kier molecular flexibility index (Phi) is 7.73. The van der Waals surface area contributed by atoms with Gasteiger partial charge in [-0.1, -0.05) is 18.1 Å². The molecule has 0 amide bonds. The topological polar surface area (TPSA) is 92.4 Å². The quantitative estimate of drug-likeness (QED) is 0.183. The third-order valence-electron chi connectivity index (χ3n) is 5.64. The van der Waals surface area contributed by atoms with Crippen LogP contribution in [0.3, 0.4) is 0 Å². The number of esters is 1. The molecule has 8 nitrogen and oxygen atoms in total. The fraction of sp³-hybridized carbons (Fsp3) is 0.185. The van der Waals surface area contributed by atoms with Crippen molar-refractivity contribution in [3.8, 4) is 35.0 Å². The minimum atomic E-state index is -4.91. The largest absolute Gasteiger partial charge is 0.482 e. The molecule has 39 heavy (non-hydrogen) atoms. The molecule has 2 heterocycles. The zero-order valence-electron chi connectivity index (χ0n) is 20.4. The highest BCUT2D eigenvalue weighted by atomic mass is 32.1. The standard InChI is InChI=1S/C27H20F3N3O5S/c1-4-10-32-22(27(28,29)30)14-23(34)33(26(32)36)17-7-9-21-20(12-17)25(31-39-21)19-13-18(8-6-16(19)3)38-15-24(35)37-11-5-2/h2,4,6-9,12-14H,1,10-11,15H2,3H3. The monoisotopic (exact) mass is 555 g/mol. The van der Waals surface area contributed by atoms with E-state index >= 15 is 0 Å². The van der Waals surface area contributed by atoms with E-state index in [1.165, 1.54) is 12.1 Å². The summed E-state index contributed by atoms with van der Waals surface area (Å²) in [5.74, 6) is 1.91. The zero-order chi connectivity index (χ0) is 28.3. The number of rotatable bonds is 8. The number of ether oxygens (including phenoxy) is 2. The van der Waals surface area contributed by atoms with Crippen molar-refractivity contribution < 1.29 is 27.4 Å². The maximum absolute atomic E-state index is 13.5. The summed E-state index contributed by atoms with van der Waals surface area (Å²) in [7, 11) is 0. The van der Waals surface area contributed by atoms with Gasteiger partial charge in [-0.3, -0.25) is 9.36 Å². The first-order valence-corrected chi connectivity index (χ1v) is 12.1. The molecular formula is C27H20F3N3O5S. The molecule has 12 heteroatoms. The van der Waals surface area contributed by atoms with E-state index in [0.717, 1.165) is 23.2 Å². The van der Waals surface area contributed by atoms with Crippen molar-refractivity contribution in [3.05, 3.63) is 87.2 Å². The zero-order valence-corrected chi connectivity index (χ0v) is 21.3. The third-order valence-corrected chi connectivity index (χ3v) is 6.47. The average molecular weight is 556 g/mol. The molecule has 0 spiro atoms. The molecule has 4 rings (SSSR count). The third kappa shape index (κ3) is 5.63. The second-order valence-electron chi connectivity index (χ2n) is 8.22. The van der Waals surface area contributed by atoms with Gasteiger partial charge in [0.05, 0.1) is 16.1 Å². The molecule has 0 bridgehead atoms. The van der Waals surface area contributed by atoms with Crippen LogP contribution in [0.2, 0.25) is 0 Å². The molecule has 0 radical (unpaired) electrons. The van der Waals surface area contributed by atoms with Gasteiger partial charge in [0.2, 0.25) is 0 Å². The van der Waals surface area contributed by atoms with Gasteiger partial charge < -0.3 is 9.47 Å². The highest BCUT2D eigenvalue weighted by molar-refractivity contribution is 7.13. The molecule has 200 valence electrons. The fourth-order valence-electron chi connectivity index (χ4n) is 3.87. The highest BCUT2D eigenvalue weighted by Gasteiger charge is 2.35. The van der Waals surface area contributed by atoms with Crippen LogP contribution in [0, 0.1) is 19.3 Å². The molecule has 0 aliphatic heterocycles. The second-order valence-corrected chi connectivity index (χ2v) is 9.03. The Bertz CT molecular complexity index is 1740. The number of carbonyl (C=O) groups excluding carboxylic acids is 1. The van der Waals surface area contributed by atoms with Crippen molar-refractivity contribution in [2.45, 2.75) is 19.6 Å². The molecule has 0 atom stereocenters. The normalized spacial score (nSPS) is 11.3. The highest BCUT2D eigenvalue weighted by Crippen LogP contribution is 2.35. The predicted molar refractivity (Wildman–Crippen MR) is 140 cm³/mol. The lowest BCUT2D eigenvalue weighted by molar-refractivity contribution is -0.145. The number of fused-ring (bicyclic) bond motifs is 1. The molecule has 0 N–H and O–H groups in total. The number of benzene rings is 2. The Hall–Kier alpha value is -4.63. The van der Waals surface area contributed by atoms with E-state index in [1.807, 2.05) is 6.92 Å². The van der Waals surface area contributed by atoms with Crippen molar-refractivity contribution in [1.29, 1.82) is 0 Å². The number of hydrogen-bond acceptors (Lipinski definition) is 7. The van der Waals surface area contributed by atoms with E-state index in [2.05, 4.69) is 16.9 Å². The second kappa shape index (κ2) is 11.0. The number of aromatic nitrogens is 3. The lowest BCUT2D eigenvalue weighted by atomic mass is 10.0. The van der Waals surface area contributed by atoms with Crippen LogP contribution in [0.25, 0.3) is 27.0 Å². The summed E-state index contributed by atoms with van der Waals surface area (Å²) < 4.78 is 57.2. The lowest BCUT2D eigenvalue weighted by Gasteiger charge is -2.16. The van der Waals surface area contributed by atoms with Crippen molar-refractivity contribution in [2.75, 3.05) is 13.2 Å². The predicted octanol–water partition coefficient (Wildman–Crippen LogP) is 4.34. The van der Waals surface area contributed by atoms with Crippen molar-refractivity contribution >= 4 is 27.6 Å². The van der Waals surface area contributed by atoms with Gasteiger partial charge in [-0.05, 0) is 54.4 Å². The van der Waals surface area contributed by atoms with Crippen LogP contribution < -0.4 is 16.0 Å². The SMILES string of the molecule is C#CCOC(=O)COc1ccc(C)c(-c2nsc3ccc(-n4c(=O)cc(C(F)(F)F)n(CC=C)c4=O)cc23)c1. The Morgan fingerprint density at radius 2 is 1.97 bits per heavy atom. The summed E-state index contributed by atoms with van der Waals surface area (Å²) in [5.41, 5.74) is -1.59. The van der Waals surface area contributed by atoms with Gasteiger partial charge in [-0.2, -0.15) is 17.5 Å². The van der Waals surface area contributed by atoms with Crippen LogP contribution in [0.15, 0.2) is 64.7 Å². The number of carbonyl (C=O) groups is 1. The number of allylic oxidation sites excluding steroid dienone is 1. The average Bonchev–Trinajstić information content (AvgIpc) is 3.31. The molecule has 0 unspecified atom stereocenters. The number of hydrogen-bond donors (Lipinski definition) is 0. The molecule has 0 aliphatic rings. The summed E-state index contributed by atoms with van der Waals surface area (Å²) in [6.45, 7) is 4.27. The minimum absolute atomic E-state index is 0.0757. The van der Waals surface area contributed by atoms with Crippen molar-refractivity contribution in [3.63, 3.8) is 0 Å². The van der Waals surface area contributed by atoms with Crippen LogP contribution in [0.5, 0.6) is 5.75 Å². The minimum Gasteiger partial charge on any atom is -0.482 e. The summed E-state index contributed by atoms with van der Waals surface area (Å²) in [4.78, 5) is 37.5. The van der Waals surface area contributed by atoms with Gasteiger partial charge in [0, 0.05) is 23.6 Å². The molecule has 0 saturated carbocycles. The maximum atomic E-state index is 13.5. The van der Waals surface area contributed by atoms with E-state index in [4.69, 9.17) is 15.9 Å². The van der Waals surface area contributed by atoms with E-state index < -0.39 is 35.6 Å². The number of nitrogens with zero attached hydrogens (tertiary/aromatic N) is 3. The first kappa shape index (κ1) is 27.4. The van der Waals surface area contributed by atoms with E-state index in [0.29, 0.717) is 42.3 Å². The number of alkyl halides is 3. The first-order valence-electron chi connectivity index (χ1n) is 11.3. The number of terminal acetylenes is 1. The van der Waals surface area contributed by atoms with E-state index in [9.17, 15) is 27.6 Å². The fourth-order valence-corrected chi connectivity index (χ4v) is 4.64.